The van der Waals surface area contributed by atoms with Crippen LogP contribution >= 0.6 is 0 Å². The molecule has 2 fully saturated rings. The molecule has 3 aromatic rings. The number of aliphatic imine (C=N–C) groups is 1. The first-order valence-electron chi connectivity index (χ1n) is 13.2. The highest BCUT2D eigenvalue weighted by Gasteiger charge is 2.52. The lowest BCUT2D eigenvalue weighted by molar-refractivity contribution is -0.137. The number of hydrogen-bond acceptors (Lipinski definition) is 4. The monoisotopic (exact) mass is 536 g/mol. The maximum atomic E-state index is 15.4. The molecule has 39 heavy (non-hydrogen) atoms. The molecule has 2 saturated carbocycles. The highest BCUT2D eigenvalue weighted by Crippen LogP contribution is 2.50. The molecule has 0 saturated heterocycles. The molecule has 6 rings (SSSR count). The predicted molar refractivity (Wildman–Crippen MR) is 141 cm³/mol. The van der Waals surface area contributed by atoms with Gasteiger partial charge >= 0.3 is 6.18 Å². The number of nitrogens with one attached hydrogen (secondary N) is 1. The van der Waals surface area contributed by atoms with Crippen LogP contribution in [0, 0.1) is 5.82 Å². The molecule has 5 nitrogen and oxygen atoms in total. The Morgan fingerprint density at radius 3 is 2.51 bits per heavy atom. The quantitative estimate of drug-likeness (QED) is 0.366. The molecule has 202 valence electrons. The molecule has 3 aliphatic rings. The highest BCUT2D eigenvalue weighted by atomic mass is 19.4. The number of rotatable bonds is 5. The molecule has 1 aromatic heterocycles. The molecular weight excluding hydrogens is 508 g/mol. The van der Waals surface area contributed by atoms with Gasteiger partial charge in [-0.15, -0.1) is 0 Å². The number of amides is 1. The first-order valence-corrected chi connectivity index (χ1v) is 13.2. The number of aromatic nitrogens is 1. The number of nitrogens with zero attached hydrogens (tertiary/aromatic N) is 2. The number of halogens is 4. The van der Waals surface area contributed by atoms with Gasteiger partial charge in [0.1, 0.15) is 11.7 Å². The number of hydrogen-bond donors (Lipinski definition) is 2. The average Bonchev–Trinajstić information content (AvgIpc) is 3.80. The van der Waals surface area contributed by atoms with Crippen LogP contribution < -0.4 is 11.1 Å². The number of benzene rings is 2. The zero-order valence-corrected chi connectivity index (χ0v) is 21.4. The molecule has 1 unspecified atom stereocenters. The minimum atomic E-state index is -4.51. The van der Waals surface area contributed by atoms with Crippen LogP contribution in [0.2, 0.25) is 0 Å². The summed E-state index contributed by atoms with van der Waals surface area (Å²) in [5, 5.41) is 2.62. The zero-order valence-electron chi connectivity index (χ0n) is 21.4. The van der Waals surface area contributed by atoms with Crippen molar-refractivity contribution in [2.45, 2.75) is 69.0 Å². The Morgan fingerprint density at radius 2 is 1.85 bits per heavy atom. The standard InChI is InChI=1S/C30H28F4N4O/c1-16-5-9-24-26(27(35)36-16)21(15-25(37-24)17-6-7-17)18-8-10-23(22(31)13-18)38-28(39)29(11-12-29)19-3-2-4-20(14-19)30(32,33)34/h2-4,8,10,13-17H,5-7,9,11-12H2,1H3,(H2,35,36)(H,38,39). The van der Waals surface area contributed by atoms with Crippen molar-refractivity contribution in [1.29, 1.82) is 0 Å². The maximum Gasteiger partial charge on any atom is 0.416 e. The first kappa shape index (κ1) is 25.5. The van der Waals surface area contributed by atoms with Gasteiger partial charge in [0, 0.05) is 23.2 Å². The van der Waals surface area contributed by atoms with Crippen molar-refractivity contribution in [1.82, 2.24) is 4.98 Å². The highest BCUT2D eigenvalue weighted by molar-refractivity contribution is 6.05. The normalized spacial score (nSPS) is 20.0. The maximum absolute atomic E-state index is 15.4. The van der Waals surface area contributed by atoms with Crippen LogP contribution in [0.1, 0.15) is 73.0 Å². The van der Waals surface area contributed by atoms with Crippen LogP contribution in [0.4, 0.5) is 23.2 Å². The summed E-state index contributed by atoms with van der Waals surface area (Å²) >= 11 is 0. The van der Waals surface area contributed by atoms with E-state index in [1.54, 1.807) is 6.07 Å². The Hall–Kier alpha value is -3.75. The van der Waals surface area contributed by atoms with E-state index in [-0.39, 0.29) is 17.3 Å². The Labute approximate surface area is 223 Å². The molecule has 0 spiro atoms. The van der Waals surface area contributed by atoms with Crippen LogP contribution in [-0.2, 0) is 22.8 Å². The molecule has 9 heteroatoms. The summed E-state index contributed by atoms with van der Waals surface area (Å²) in [5.41, 5.74) is 8.65. The Morgan fingerprint density at radius 1 is 1.08 bits per heavy atom. The van der Waals surface area contributed by atoms with Crippen molar-refractivity contribution in [3.8, 4) is 11.1 Å². The van der Waals surface area contributed by atoms with Crippen LogP contribution in [0.15, 0.2) is 53.5 Å². The number of carbonyl (C=O) groups is 1. The lowest BCUT2D eigenvalue weighted by atomic mass is 9.92. The largest absolute Gasteiger partial charge is 0.416 e. The van der Waals surface area contributed by atoms with E-state index in [2.05, 4.69) is 10.3 Å². The molecule has 0 radical (unpaired) electrons. The lowest BCUT2D eigenvalue weighted by Crippen LogP contribution is -2.28. The van der Waals surface area contributed by atoms with Crippen LogP contribution in [-0.4, -0.2) is 22.8 Å². The van der Waals surface area contributed by atoms with Gasteiger partial charge in [0.15, 0.2) is 0 Å². The van der Waals surface area contributed by atoms with E-state index in [0.717, 1.165) is 60.3 Å². The molecule has 2 heterocycles. The summed E-state index contributed by atoms with van der Waals surface area (Å²) in [5.74, 6) is -0.388. The Bertz CT molecular complexity index is 1510. The molecule has 0 bridgehead atoms. The van der Waals surface area contributed by atoms with Gasteiger partial charge in [0.05, 0.1) is 22.4 Å². The van der Waals surface area contributed by atoms with Gasteiger partial charge < -0.3 is 11.1 Å². The number of carbonyl (C=O) groups excluding carboxylic acids is 1. The number of amidine groups is 1. The zero-order chi connectivity index (χ0) is 27.5. The van der Waals surface area contributed by atoms with E-state index in [0.29, 0.717) is 30.2 Å². The number of anilines is 1. The number of pyridine rings is 1. The molecule has 1 aliphatic heterocycles. The van der Waals surface area contributed by atoms with Crippen molar-refractivity contribution in [2.24, 2.45) is 10.7 Å². The van der Waals surface area contributed by atoms with E-state index in [9.17, 15) is 18.0 Å². The van der Waals surface area contributed by atoms with Crippen molar-refractivity contribution in [3.05, 3.63) is 82.4 Å². The topological polar surface area (TPSA) is 80.4 Å². The minimum Gasteiger partial charge on any atom is -0.383 e. The number of aryl methyl sites for hydroxylation is 1. The number of alkyl halides is 3. The van der Waals surface area contributed by atoms with E-state index in [1.165, 1.54) is 24.3 Å². The molecule has 1 amide bonds. The minimum absolute atomic E-state index is 0.0279. The van der Waals surface area contributed by atoms with Crippen molar-refractivity contribution < 1.29 is 22.4 Å². The number of fused-ring (bicyclic) bond motifs is 1. The second kappa shape index (κ2) is 9.17. The molecular formula is C30H28F4N4O. The summed E-state index contributed by atoms with van der Waals surface area (Å²) in [4.78, 5) is 22.7. The Kier molecular flexibility index (Phi) is 6.00. The SMILES string of the molecule is CC1CCc2nc(C3CC3)cc(-c3ccc(NC(=O)C4(c5cccc(C(F)(F)F)c5)CC4)c(F)c3)c2C(N)=N1. The fourth-order valence-corrected chi connectivity index (χ4v) is 5.41. The predicted octanol–water partition coefficient (Wildman–Crippen LogP) is 6.49. The summed E-state index contributed by atoms with van der Waals surface area (Å²) in [6, 6.07) is 11.4. The third-order valence-electron chi connectivity index (χ3n) is 7.98. The lowest BCUT2D eigenvalue weighted by Gasteiger charge is -2.19. The second-order valence-electron chi connectivity index (χ2n) is 10.9. The third kappa shape index (κ3) is 4.79. The van der Waals surface area contributed by atoms with Crippen LogP contribution in [0.5, 0.6) is 0 Å². The van der Waals surface area contributed by atoms with E-state index >= 15 is 4.39 Å². The first-order chi connectivity index (χ1) is 18.5. The van der Waals surface area contributed by atoms with Crippen molar-refractivity contribution >= 4 is 17.4 Å². The smallest absolute Gasteiger partial charge is 0.383 e. The fraction of sp³-hybridized carbons (Fsp3) is 0.367. The van der Waals surface area contributed by atoms with E-state index in [4.69, 9.17) is 10.7 Å². The fourth-order valence-electron chi connectivity index (χ4n) is 5.41. The summed E-state index contributed by atoms with van der Waals surface area (Å²) in [7, 11) is 0. The van der Waals surface area contributed by atoms with Gasteiger partial charge in [-0.2, -0.15) is 13.2 Å². The van der Waals surface area contributed by atoms with Gasteiger partial charge in [-0.3, -0.25) is 14.8 Å². The van der Waals surface area contributed by atoms with Gasteiger partial charge in [0.2, 0.25) is 5.91 Å². The van der Waals surface area contributed by atoms with E-state index < -0.39 is 28.9 Å². The molecule has 3 N–H and O–H groups in total. The summed E-state index contributed by atoms with van der Waals surface area (Å²) in [6.45, 7) is 2.00. The van der Waals surface area contributed by atoms with Crippen molar-refractivity contribution in [3.63, 3.8) is 0 Å². The third-order valence-corrected chi connectivity index (χ3v) is 7.98. The summed E-state index contributed by atoms with van der Waals surface area (Å²) in [6.07, 6.45) is -0.0464. The van der Waals surface area contributed by atoms with Crippen LogP contribution in [0.3, 0.4) is 0 Å². The average molecular weight is 537 g/mol. The molecule has 2 aromatic carbocycles. The number of nitrogens with two attached hydrogens (primary N) is 1. The van der Waals surface area contributed by atoms with E-state index in [1.807, 2.05) is 13.0 Å². The Balaban J connectivity index is 1.31. The van der Waals surface area contributed by atoms with Crippen molar-refractivity contribution in [2.75, 3.05) is 5.32 Å². The molecule has 2 aliphatic carbocycles. The van der Waals surface area contributed by atoms with Gasteiger partial charge in [-0.05, 0) is 86.4 Å². The van der Waals surface area contributed by atoms with Gasteiger partial charge in [0.25, 0.3) is 0 Å². The second-order valence-corrected chi connectivity index (χ2v) is 10.9. The molecule has 1 atom stereocenters. The van der Waals surface area contributed by atoms with Crippen LogP contribution in [0.25, 0.3) is 11.1 Å². The van der Waals surface area contributed by atoms with Gasteiger partial charge in [-0.25, -0.2) is 4.39 Å². The summed E-state index contributed by atoms with van der Waals surface area (Å²) < 4.78 is 55.1. The van der Waals surface area contributed by atoms with Gasteiger partial charge in [-0.1, -0.05) is 24.3 Å².